The molecule has 1 aliphatic heterocycles. The highest BCUT2D eigenvalue weighted by Gasteiger charge is 2.12. The first-order valence-electron chi connectivity index (χ1n) is 7.45. The minimum absolute atomic E-state index is 0.0589. The summed E-state index contributed by atoms with van der Waals surface area (Å²) in [7, 11) is 0. The summed E-state index contributed by atoms with van der Waals surface area (Å²) >= 11 is 0. The summed E-state index contributed by atoms with van der Waals surface area (Å²) in [4.78, 5) is 11.2. The molecule has 0 aliphatic carbocycles. The molecule has 1 aliphatic rings. The second-order valence-corrected chi connectivity index (χ2v) is 5.65. The van der Waals surface area contributed by atoms with E-state index in [0.29, 0.717) is 13.2 Å². The summed E-state index contributed by atoms with van der Waals surface area (Å²) < 4.78 is 5.44. The lowest BCUT2D eigenvalue weighted by atomic mass is 10.1. The first kappa shape index (κ1) is 14.6. The zero-order chi connectivity index (χ0) is 15.5. The Morgan fingerprint density at radius 3 is 2.73 bits per heavy atom. The third-order valence-electron chi connectivity index (χ3n) is 3.81. The largest absolute Gasteiger partial charge is 0.379 e. The molecule has 1 atom stereocenters. The van der Waals surface area contributed by atoms with E-state index >= 15 is 0 Å². The Morgan fingerprint density at radius 2 is 1.91 bits per heavy atom. The normalized spacial score (nSPS) is 14.3. The highest BCUT2D eigenvalue weighted by molar-refractivity contribution is 5.88. The van der Waals surface area contributed by atoms with Crippen LogP contribution in [0.5, 0.6) is 0 Å². The Labute approximate surface area is 130 Å². The maximum Gasteiger partial charge on any atom is 0.221 e. The van der Waals surface area contributed by atoms with Crippen LogP contribution in [-0.4, -0.2) is 5.91 Å². The van der Waals surface area contributed by atoms with Crippen molar-refractivity contribution in [2.75, 3.05) is 10.6 Å². The van der Waals surface area contributed by atoms with Crippen LogP contribution in [0, 0.1) is 0 Å². The SMILES string of the molecule is CC(=O)Nc1cccc(C(C)Nc2ccc3c(c2)COC3)c1. The molecule has 2 aromatic carbocycles. The molecule has 4 nitrogen and oxygen atoms in total. The van der Waals surface area contributed by atoms with Crippen molar-refractivity contribution >= 4 is 17.3 Å². The van der Waals surface area contributed by atoms with Gasteiger partial charge in [-0.2, -0.15) is 0 Å². The first-order valence-corrected chi connectivity index (χ1v) is 7.45. The minimum atomic E-state index is -0.0589. The van der Waals surface area contributed by atoms with Gasteiger partial charge in [-0.1, -0.05) is 18.2 Å². The van der Waals surface area contributed by atoms with Gasteiger partial charge < -0.3 is 15.4 Å². The van der Waals surface area contributed by atoms with Gasteiger partial charge in [-0.05, 0) is 47.9 Å². The molecule has 1 heterocycles. The van der Waals surface area contributed by atoms with Crippen LogP contribution in [-0.2, 0) is 22.7 Å². The van der Waals surface area contributed by atoms with Crippen molar-refractivity contribution in [1.82, 2.24) is 0 Å². The number of ether oxygens (including phenoxy) is 1. The van der Waals surface area contributed by atoms with Gasteiger partial charge in [0, 0.05) is 24.3 Å². The van der Waals surface area contributed by atoms with Crippen LogP contribution < -0.4 is 10.6 Å². The van der Waals surface area contributed by atoms with Gasteiger partial charge in [0.15, 0.2) is 0 Å². The van der Waals surface area contributed by atoms with E-state index in [0.717, 1.165) is 16.9 Å². The van der Waals surface area contributed by atoms with E-state index in [1.54, 1.807) is 0 Å². The highest BCUT2D eigenvalue weighted by atomic mass is 16.5. The third-order valence-corrected chi connectivity index (χ3v) is 3.81. The lowest BCUT2D eigenvalue weighted by Gasteiger charge is -2.17. The van der Waals surface area contributed by atoms with Crippen LogP contribution in [0.1, 0.15) is 36.6 Å². The number of hydrogen-bond donors (Lipinski definition) is 2. The predicted molar refractivity (Wildman–Crippen MR) is 87.7 cm³/mol. The highest BCUT2D eigenvalue weighted by Crippen LogP contribution is 2.26. The number of nitrogens with one attached hydrogen (secondary N) is 2. The number of fused-ring (bicyclic) bond motifs is 1. The Morgan fingerprint density at radius 1 is 1.09 bits per heavy atom. The Bertz CT molecular complexity index is 697. The molecule has 2 aromatic rings. The van der Waals surface area contributed by atoms with Gasteiger partial charge in [-0.3, -0.25) is 4.79 Å². The Kier molecular flexibility index (Phi) is 4.11. The number of benzene rings is 2. The van der Waals surface area contributed by atoms with Crippen LogP contribution in [0.2, 0.25) is 0 Å². The van der Waals surface area contributed by atoms with E-state index in [-0.39, 0.29) is 11.9 Å². The smallest absolute Gasteiger partial charge is 0.221 e. The quantitative estimate of drug-likeness (QED) is 0.901. The zero-order valence-corrected chi connectivity index (χ0v) is 12.8. The van der Waals surface area contributed by atoms with Crippen molar-refractivity contribution in [3.8, 4) is 0 Å². The molecule has 1 amide bonds. The second-order valence-electron chi connectivity index (χ2n) is 5.65. The molecule has 1 unspecified atom stereocenters. The number of hydrogen-bond acceptors (Lipinski definition) is 3. The van der Waals surface area contributed by atoms with E-state index in [1.807, 2.05) is 18.2 Å². The number of amides is 1. The van der Waals surface area contributed by atoms with E-state index in [1.165, 1.54) is 18.1 Å². The second kappa shape index (κ2) is 6.20. The van der Waals surface area contributed by atoms with Gasteiger partial charge in [-0.15, -0.1) is 0 Å². The fraction of sp³-hybridized carbons (Fsp3) is 0.278. The minimum Gasteiger partial charge on any atom is -0.379 e. The zero-order valence-electron chi connectivity index (χ0n) is 12.8. The molecule has 0 saturated heterocycles. The van der Waals surface area contributed by atoms with Crippen molar-refractivity contribution in [2.45, 2.75) is 33.1 Å². The monoisotopic (exact) mass is 296 g/mol. The van der Waals surface area contributed by atoms with Crippen LogP contribution in [0.25, 0.3) is 0 Å². The molecular weight excluding hydrogens is 276 g/mol. The molecule has 0 radical (unpaired) electrons. The fourth-order valence-corrected chi connectivity index (χ4v) is 2.68. The topological polar surface area (TPSA) is 50.4 Å². The maximum absolute atomic E-state index is 11.2. The van der Waals surface area contributed by atoms with E-state index in [2.05, 4.69) is 41.8 Å². The van der Waals surface area contributed by atoms with Crippen molar-refractivity contribution < 1.29 is 9.53 Å². The summed E-state index contributed by atoms with van der Waals surface area (Å²) in [6.07, 6.45) is 0. The van der Waals surface area contributed by atoms with Gasteiger partial charge in [0.2, 0.25) is 5.91 Å². The Hall–Kier alpha value is -2.33. The molecule has 22 heavy (non-hydrogen) atoms. The number of anilines is 2. The average molecular weight is 296 g/mol. The molecule has 2 N–H and O–H groups in total. The number of carbonyl (C=O) groups excluding carboxylic acids is 1. The fourth-order valence-electron chi connectivity index (χ4n) is 2.68. The maximum atomic E-state index is 11.2. The molecule has 3 rings (SSSR count). The molecular formula is C18H20N2O2. The molecule has 114 valence electrons. The van der Waals surface area contributed by atoms with Crippen LogP contribution in [0.15, 0.2) is 42.5 Å². The lowest BCUT2D eigenvalue weighted by Crippen LogP contribution is -2.09. The predicted octanol–water partition coefficient (Wildman–Crippen LogP) is 3.85. The van der Waals surface area contributed by atoms with E-state index in [9.17, 15) is 4.79 Å². The molecule has 0 bridgehead atoms. The average Bonchev–Trinajstić information content (AvgIpc) is 2.94. The molecule has 0 saturated carbocycles. The van der Waals surface area contributed by atoms with Gasteiger partial charge in [0.1, 0.15) is 0 Å². The van der Waals surface area contributed by atoms with Crippen LogP contribution in [0.4, 0.5) is 11.4 Å². The summed E-state index contributed by atoms with van der Waals surface area (Å²) in [6.45, 7) is 5.03. The molecule has 0 aromatic heterocycles. The molecule has 0 fully saturated rings. The van der Waals surface area contributed by atoms with E-state index in [4.69, 9.17) is 4.74 Å². The van der Waals surface area contributed by atoms with Crippen molar-refractivity contribution in [3.63, 3.8) is 0 Å². The third kappa shape index (κ3) is 3.28. The summed E-state index contributed by atoms with van der Waals surface area (Å²) in [6, 6.07) is 14.4. The summed E-state index contributed by atoms with van der Waals surface area (Å²) in [5.41, 5.74) is 5.56. The standard InChI is InChI=1S/C18H20N2O2/c1-12(14-4-3-5-17(8-14)20-13(2)21)19-18-7-6-15-10-22-11-16(15)9-18/h3-9,12,19H,10-11H2,1-2H3,(H,20,21). The molecule has 4 heteroatoms. The summed E-state index contributed by atoms with van der Waals surface area (Å²) in [5, 5.41) is 6.31. The van der Waals surface area contributed by atoms with Gasteiger partial charge in [0.05, 0.1) is 13.2 Å². The van der Waals surface area contributed by atoms with Crippen LogP contribution >= 0.6 is 0 Å². The van der Waals surface area contributed by atoms with Crippen molar-refractivity contribution in [1.29, 1.82) is 0 Å². The number of carbonyl (C=O) groups is 1. The van der Waals surface area contributed by atoms with Gasteiger partial charge in [-0.25, -0.2) is 0 Å². The van der Waals surface area contributed by atoms with Gasteiger partial charge in [0.25, 0.3) is 0 Å². The van der Waals surface area contributed by atoms with Crippen molar-refractivity contribution in [2.24, 2.45) is 0 Å². The van der Waals surface area contributed by atoms with E-state index < -0.39 is 0 Å². The lowest BCUT2D eigenvalue weighted by molar-refractivity contribution is -0.114. The Balaban J connectivity index is 1.74. The van der Waals surface area contributed by atoms with Crippen molar-refractivity contribution in [3.05, 3.63) is 59.2 Å². The molecule has 0 spiro atoms. The number of rotatable bonds is 4. The summed E-state index contributed by atoms with van der Waals surface area (Å²) in [5.74, 6) is -0.0589. The van der Waals surface area contributed by atoms with Crippen LogP contribution in [0.3, 0.4) is 0 Å². The first-order chi connectivity index (χ1) is 10.6. The van der Waals surface area contributed by atoms with Gasteiger partial charge >= 0.3 is 0 Å².